The quantitative estimate of drug-likeness (QED) is 0.330. The average Bonchev–Trinajstić information content (AvgIpc) is 3.04. The van der Waals surface area contributed by atoms with Gasteiger partial charge in [0.1, 0.15) is 17.3 Å². The molecule has 0 saturated carbocycles. The molecular formula is C25H21ClN2O5. The first-order valence-electron chi connectivity index (χ1n) is 10.1. The van der Waals surface area contributed by atoms with Crippen molar-refractivity contribution in [2.75, 3.05) is 7.11 Å². The van der Waals surface area contributed by atoms with E-state index in [0.29, 0.717) is 5.56 Å². The number of methoxy groups -OCH3 is 1. The smallest absolute Gasteiger partial charge is 0.295 e. The number of phenols is 1. The molecule has 1 aliphatic heterocycles. The topological polar surface area (TPSA) is 100.0 Å². The summed E-state index contributed by atoms with van der Waals surface area (Å²) in [6.07, 6.45) is 3.22. The summed E-state index contributed by atoms with van der Waals surface area (Å²) in [5.41, 5.74) is 2.14. The van der Waals surface area contributed by atoms with Crippen molar-refractivity contribution in [2.45, 2.75) is 19.5 Å². The Kier molecular flexibility index (Phi) is 6.07. The zero-order valence-electron chi connectivity index (χ0n) is 17.9. The Labute approximate surface area is 195 Å². The molecule has 1 saturated heterocycles. The minimum atomic E-state index is -0.894. The molecule has 168 valence electrons. The van der Waals surface area contributed by atoms with Crippen LogP contribution in [0.4, 0.5) is 0 Å². The number of carbonyl (C=O) groups is 2. The number of carbonyl (C=O) groups excluding carboxylic acids is 2. The van der Waals surface area contributed by atoms with Crippen molar-refractivity contribution in [2.24, 2.45) is 0 Å². The first-order chi connectivity index (χ1) is 15.8. The van der Waals surface area contributed by atoms with Gasteiger partial charge in [-0.25, -0.2) is 0 Å². The molecule has 1 fully saturated rings. The Hall–Kier alpha value is -3.84. The lowest BCUT2D eigenvalue weighted by Gasteiger charge is -2.25. The van der Waals surface area contributed by atoms with Gasteiger partial charge in [0.25, 0.3) is 11.7 Å². The molecule has 0 spiro atoms. The van der Waals surface area contributed by atoms with E-state index >= 15 is 0 Å². The minimum absolute atomic E-state index is 0.0371. The van der Waals surface area contributed by atoms with Crippen LogP contribution in [-0.2, 0) is 16.1 Å². The lowest BCUT2D eigenvalue weighted by Crippen LogP contribution is -2.29. The highest BCUT2D eigenvalue weighted by atomic mass is 35.5. The monoisotopic (exact) mass is 464 g/mol. The van der Waals surface area contributed by atoms with Gasteiger partial charge in [0.2, 0.25) is 0 Å². The van der Waals surface area contributed by atoms with Crippen molar-refractivity contribution in [1.82, 2.24) is 9.88 Å². The van der Waals surface area contributed by atoms with Gasteiger partial charge in [0.05, 0.1) is 29.3 Å². The van der Waals surface area contributed by atoms with Gasteiger partial charge in [0, 0.05) is 18.9 Å². The number of Topliss-reactive ketones (excluding diaryl/α,β-unsaturated/α-hetero) is 1. The second-order valence-electron chi connectivity index (χ2n) is 7.71. The number of nitrogens with zero attached hydrogens (tertiary/aromatic N) is 2. The maximum absolute atomic E-state index is 13.2. The van der Waals surface area contributed by atoms with Gasteiger partial charge in [0.15, 0.2) is 0 Å². The van der Waals surface area contributed by atoms with Gasteiger partial charge in [-0.2, -0.15) is 0 Å². The van der Waals surface area contributed by atoms with Crippen LogP contribution in [0.5, 0.6) is 11.5 Å². The lowest BCUT2D eigenvalue weighted by atomic mass is 9.94. The number of benzene rings is 2. The fraction of sp³-hybridized carbons (Fsp3) is 0.160. The van der Waals surface area contributed by atoms with Crippen molar-refractivity contribution in [3.05, 3.63) is 93.8 Å². The molecule has 0 radical (unpaired) electrons. The molecule has 2 heterocycles. The third kappa shape index (κ3) is 4.15. The Morgan fingerprint density at radius 3 is 2.55 bits per heavy atom. The number of likely N-dealkylation sites (tertiary alicyclic amines) is 1. The summed E-state index contributed by atoms with van der Waals surface area (Å²) in [5, 5.41) is 21.3. The van der Waals surface area contributed by atoms with Crippen LogP contribution in [0.3, 0.4) is 0 Å². The van der Waals surface area contributed by atoms with Gasteiger partial charge in [-0.3, -0.25) is 14.6 Å². The standard InChI is InChI=1S/C25H21ClN2O5/c1-14-10-18(24(33-2)19(26)11-14)22(30)20-21(16-5-7-17(29)8-6-16)28(25(32)23(20)31)13-15-4-3-9-27-12-15/h3-12,21,29-30H,13H2,1-2H3/b22-20+. The molecule has 1 unspecified atom stereocenters. The Morgan fingerprint density at radius 1 is 1.18 bits per heavy atom. The van der Waals surface area contributed by atoms with Crippen molar-refractivity contribution >= 4 is 29.1 Å². The molecule has 1 amide bonds. The van der Waals surface area contributed by atoms with E-state index in [1.165, 1.54) is 24.1 Å². The molecule has 1 aliphatic rings. The van der Waals surface area contributed by atoms with Gasteiger partial charge >= 0.3 is 0 Å². The molecule has 33 heavy (non-hydrogen) atoms. The van der Waals surface area contributed by atoms with E-state index in [1.807, 2.05) is 0 Å². The molecule has 8 heteroatoms. The van der Waals surface area contributed by atoms with Crippen LogP contribution in [0.15, 0.2) is 66.5 Å². The number of aromatic nitrogens is 1. The Balaban J connectivity index is 1.93. The second kappa shape index (κ2) is 8.96. The highest BCUT2D eigenvalue weighted by Gasteiger charge is 2.46. The number of phenolic OH excluding ortho intramolecular Hbond substituents is 1. The Morgan fingerprint density at radius 2 is 1.91 bits per heavy atom. The van der Waals surface area contributed by atoms with E-state index in [1.54, 1.807) is 55.7 Å². The zero-order valence-corrected chi connectivity index (χ0v) is 18.7. The number of rotatable bonds is 5. The molecule has 0 aliphatic carbocycles. The highest BCUT2D eigenvalue weighted by Crippen LogP contribution is 2.43. The predicted molar refractivity (Wildman–Crippen MR) is 123 cm³/mol. The molecular weight excluding hydrogens is 444 g/mol. The number of aromatic hydroxyl groups is 1. The summed E-state index contributed by atoms with van der Waals surface area (Å²) in [4.78, 5) is 31.7. The van der Waals surface area contributed by atoms with E-state index in [0.717, 1.165) is 11.1 Å². The summed E-state index contributed by atoms with van der Waals surface area (Å²) >= 11 is 6.30. The van der Waals surface area contributed by atoms with E-state index in [-0.39, 0.29) is 40.0 Å². The van der Waals surface area contributed by atoms with Crippen LogP contribution in [0.1, 0.15) is 28.3 Å². The van der Waals surface area contributed by atoms with Crippen molar-refractivity contribution in [3.63, 3.8) is 0 Å². The normalized spacial score (nSPS) is 17.4. The van der Waals surface area contributed by atoms with E-state index in [4.69, 9.17) is 16.3 Å². The number of aliphatic hydroxyl groups excluding tert-OH is 1. The lowest BCUT2D eigenvalue weighted by molar-refractivity contribution is -0.140. The van der Waals surface area contributed by atoms with Crippen LogP contribution in [0.2, 0.25) is 5.02 Å². The minimum Gasteiger partial charge on any atom is -0.508 e. The number of aliphatic hydroxyl groups is 1. The van der Waals surface area contributed by atoms with Crippen molar-refractivity contribution in [1.29, 1.82) is 0 Å². The molecule has 4 rings (SSSR count). The maximum Gasteiger partial charge on any atom is 0.295 e. The molecule has 3 aromatic rings. The van der Waals surface area contributed by atoms with Gasteiger partial charge in [-0.05, 0) is 53.9 Å². The molecule has 1 atom stereocenters. The Bertz CT molecular complexity index is 1260. The number of hydrogen-bond acceptors (Lipinski definition) is 6. The number of ketones is 1. The maximum atomic E-state index is 13.2. The molecule has 2 N–H and O–H groups in total. The summed E-state index contributed by atoms with van der Waals surface area (Å²) < 4.78 is 5.38. The fourth-order valence-electron chi connectivity index (χ4n) is 3.99. The molecule has 0 bridgehead atoms. The summed E-state index contributed by atoms with van der Waals surface area (Å²) in [7, 11) is 1.41. The third-order valence-electron chi connectivity index (χ3n) is 5.47. The number of pyridine rings is 1. The average molecular weight is 465 g/mol. The van der Waals surface area contributed by atoms with E-state index in [2.05, 4.69) is 4.98 Å². The summed E-state index contributed by atoms with van der Waals surface area (Å²) in [5.74, 6) is -1.73. The van der Waals surface area contributed by atoms with Crippen molar-refractivity contribution in [3.8, 4) is 11.5 Å². The van der Waals surface area contributed by atoms with Crippen LogP contribution in [0.25, 0.3) is 5.76 Å². The van der Waals surface area contributed by atoms with Crippen LogP contribution < -0.4 is 4.74 Å². The highest BCUT2D eigenvalue weighted by molar-refractivity contribution is 6.46. The molecule has 1 aromatic heterocycles. The van der Waals surface area contributed by atoms with Gasteiger partial charge < -0.3 is 19.8 Å². The molecule has 7 nitrogen and oxygen atoms in total. The third-order valence-corrected chi connectivity index (χ3v) is 5.75. The second-order valence-corrected chi connectivity index (χ2v) is 8.11. The van der Waals surface area contributed by atoms with Crippen LogP contribution in [-0.4, -0.2) is 38.9 Å². The van der Waals surface area contributed by atoms with E-state index < -0.39 is 17.7 Å². The number of halogens is 1. The number of amides is 1. The van der Waals surface area contributed by atoms with Crippen LogP contribution >= 0.6 is 11.6 Å². The summed E-state index contributed by atoms with van der Waals surface area (Å²) in [6, 6.07) is 12.1. The largest absolute Gasteiger partial charge is 0.508 e. The van der Waals surface area contributed by atoms with Crippen LogP contribution in [0, 0.1) is 6.92 Å². The van der Waals surface area contributed by atoms with E-state index in [9.17, 15) is 19.8 Å². The van der Waals surface area contributed by atoms with Crippen molar-refractivity contribution < 1.29 is 24.5 Å². The number of ether oxygens (including phenoxy) is 1. The van der Waals surface area contributed by atoms with Gasteiger partial charge in [-0.1, -0.05) is 29.8 Å². The fourth-order valence-corrected chi connectivity index (χ4v) is 4.34. The zero-order chi connectivity index (χ0) is 23.7. The molecule has 2 aromatic carbocycles. The first kappa shape index (κ1) is 22.4. The SMILES string of the molecule is COc1c(Cl)cc(C)cc1/C(O)=C1\C(=O)C(=O)N(Cc2cccnc2)C1c1ccc(O)cc1. The number of aryl methyl sites for hydroxylation is 1. The van der Waals surface area contributed by atoms with Gasteiger partial charge in [-0.15, -0.1) is 0 Å². The summed E-state index contributed by atoms with van der Waals surface area (Å²) in [6.45, 7) is 1.90. The number of hydrogen-bond donors (Lipinski definition) is 2. The predicted octanol–water partition coefficient (Wildman–Crippen LogP) is 4.38. The first-order valence-corrected chi connectivity index (χ1v) is 10.5.